The first-order valence-electron chi connectivity index (χ1n) is 7.46. The number of carboxylic acid groups (broad SMARTS) is 1. The lowest BCUT2D eigenvalue weighted by molar-refractivity contribution is -0.116. The third-order valence-electron chi connectivity index (χ3n) is 3.61. The smallest absolute Gasteiger partial charge is 0.335 e. The maximum Gasteiger partial charge on any atom is 0.335 e. The maximum atomic E-state index is 12.0. The van der Waals surface area contributed by atoms with Crippen molar-refractivity contribution in [1.82, 2.24) is 15.0 Å². The molecule has 0 radical (unpaired) electrons. The molecule has 3 rings (SSSR count). The predicted molar refractivity (Wildman–Crippen MR) is 88.9 cm³/mol. The fraction of sp³-hybridized carbons (Fsp3) is 0.176. The topological polar surface area (TPSA) is 97.1 Å². The number of fused-ring (bicyclic) bond motifs is 1. The average Bonchev–Trinajstić information content (AvgIpc) is 2.95. The second-order valence-electron chi connectivity index (χ2n) is 5.49. The van der Waals surface area contributed by atoms with E-state index in [0.29, 0.717) is 17.6 Å². The predicted octanol–water partition coefficient (Wildman–Crippen LogP) is 2.47. The average molecular weight is 324 g/mol. The van der Waals surface area contributed by atoms with Gasteiger partial charge < -0.3 is 10.4 Å². The minimum atomic E-state index is -1.01. The molecule has 24 heavy (non-hydrogen) atoms. The van der Waals surface area contributed by atoms with E-state index in [-0.39, 0.29) is 17.9 Å². The zero-order valence-corrected chi connectivity index (χ0v) is 13.1. The standard InChI is InChI=1S/C17H16N4O3/c1-11-3-2-4-13(9-11)18-16(22)7-8-21-15-6-5-12(17(23)24)10-14(15)19-20-21/h2-6,9-10H,7-8H2,1H3,(H,18,22)(H,23,24). The van der Waals surface area contributed by atoms with Crippen molar-refractivity contribution in [2.24, 2.45) is 0 Å². The van der Waals surface area contributed by atoms with Crippen LogP contribution in [0.25, 0.3) is 11.0 Å². The molecule has 0 aliphatic heterocycles. The number of hydrogen-bond acceptors (Lipinski definition) is 4. The molecule has 0 bridgehead atoms. The molecular formula is C17H16N4O3. The van der Waals surface area contributed by atoms with Crippen molar-refractivity contribution in [3.05, 3.63) is 53.6 Å². The number of aromatic nitrogens is 3. The van der Waals surface area contributed by atoms with Crippen molar-refractivity contribution < 1.29 is 14.7 Å². The van der Waals surface area contributed by atoms with Gasteiger partial charge in [0, 0.05) is 12.1 Å². The molecule has 0 spiro atoms. The minimum Gasteiger partial charge on any atom is -0.478 e. The Kier molecular flexibility index (Phi) is 4.24. The Morgan fingerprint density at radius 1 is 1.21 bits per heavy atom. The molecule has 1 amide bonds. The van der Waals surface area contributed by atoms with E-state index in [1.807, 2.05) is 31.2 Å². The summed E-state index contributed by atoms with van der Waals surface area (Å²) in [5.41, 5.74) is 3.18. The Bertz CT molecular complexity index is 917. The molecule has 0 aliphatic rings. The quantitative estimate of drug-likeness (QED) is 0.751. The number of benzene rings is 2. The van der Waals surface area contributed by atoms with Crippen molar-refractivity contribution in [2.45, 2.75) is 19.9 Å². The van der Waals surface area contributed by atoms with E-state index in [9.17, 15) is 9.59 Å². The van der Waals surface area contributed by atoms with Crippen LogP contribution in [0.5, 0.6) is 0 Å². The molecule has 3 aromatic rings. The van der Waals surface area contributed by atoms with Crippen LogP contribution in [0.4, 0.5) is 5.69 Å². The summed E-state index contributed by atoms with van der Waals surface area (Å²) >= 11 is 0. The molecule has 2 N–H and O–H groups in total. The number of nitrogens with one attached hydrogen (secondary N) is 1. The first kappa shape index (κ1) is 15.7. The summed E-state index contributed by atoms with van der Waals surface area (Å²) in [4.78, 5) is 23.0. The summed E-state index contributed by atoms with van der Waals surface area (Å²) < 4.78 is 1.59. The number of hydrogen-bond donors (Lipinski definition) is 2. The molecule has 1 aromatic heterocycles. The first-order valence-corrected chi connectivity index (χ1v) is 7.46. The zero-order valence-electron chi connectivity index (χ0n) is 13.1. The van der Waals surface area contributed by atoms with Gasteiger partial charge in [0.15, 0.2) is 0 Å². The van der Waals surface area contributed by atoms with Crippen LogP contribution in [-0.2, 0) is 11.3 Å². The first-order chi connectivity index (χ1) is 11.5. The molecule has 0 unspecified atom stereocenters. The summed E-state index contributed by atoms with van der Waals surface area (Å²) in [6, 6.07) is 12.2. The monoisotopic (exact) mass is 324 g/mol. The van der Waals surface area contributed by atoms with E-state index in [1.54, 1.807) is 10.7 Å². The molecule has 2 aromatic carbocycles. The van der Waals surface area contributed by atoms with Gasteiger partial charge in [-0.1, -0.05) is 17.3 Å². The molecule has 0 aliphatic carbocycles. The molecule has 1 heterocycles. The lowest BCUT2D eigenvalue weighted by Gasteiger charge is -2.06. The van der Waals surface area contributed by atoms with Gasteiger partial charge in [-0.15, -0.1) is 5.10 Å². The van der Waals surface area contributed by atoms with E-state index in [0.717, 1.165) is 11.3 Å². The van der Waals surface area contributed by atoms with Crippen LogP contribution in [0.3, 0.4) is 0 Å². The molecule has 122 valence electrons. The number of aromatic carboxylic acids is 1. The second-order valence-corrected chi connectivity index (χ2v) is 5.49. The Labute approximate surface area is 137 Å². The highest BCUT2D eigenvalue weighted by Crippen LogP contribution is 2.14. The summed E-state index contributed by atoms with van der Waals surface area (Å²) in [5.74, 6) is -1.13. The number of carbonyl (C=O) groups is 2. The lowest BCUT2D eigenvalue weighted by Crippen LogP contribution is -2.15. The van der Waals surface area contributed by atoms with Crippen molar-refractivity contribution in [3.8, 4) is 0 Å². The van der Waals surface area contributed by atoms with E-state index >= 15 is 0 Å². The maximum absolute atomic E-state index is 12.0. The van der Waals surface area contributed by atoms with Crippen molar-refractivity contribution in [3.63, 3.8) is 0 Å². The number of amides is 1. The fourth-order valence-electron chi connectivity index (χ4n) is 2.42. The van der Waals surface area contributed by atoms with Crippen molar-refractivity contribution in [1.29, 1.82) is 0 Å². The Hall–Kier alpha value is -3.22. The normalized spacial score (nSPS) is 10.7. The molecule has 7 nitrogen and oxygen atoms in total. The van der Waals surface area contributed by atoms with Gasteiger partial charge in [-0.2, -0.15) is 0 Å². The van der Waals surface area contributed by atoms with Crippen LogP contribution in [0.15, 0.2) is 42.5 Å². The van der Waals surface area contributed by atoms with E-state index in [2.05, 4.69) is 15.6 Å². The number of carboxylic acids is 1. The van der Waals surface area contributed by atoms with Gasteiger partial charge in [0.2, 0.25) is 5.91 Å². The van der Waals surface area contributed by atoms with Crippen LogP contribution < -0.4 is 5.32 Å². The fourth-order valence-corrected chi connectivity index (χ4v) is 2.42. The minimum absolute atomic E-state index is 0.119. The third kappa shape index (κ3) is 3.40. The number of rotatable bonds is 5. The highest BCUT2D eigenvalue weighted by Gasteiger charge is 2.10. The summed E-state index contributed by atoms with van der Waals surface area (Å²) in [6.45, 7) is 2.32. The molecule has 7 heteroatoms. The Balaban J connectivity index is 1.67. The van der Waals surface area contributed by atoms with Gasteiger partial charge in [-0.3, -0.25) is 4.79 Å². The van der Waals surface area contributed by atoms with Crippen LogP contribution in [0.1, 0.15) is 22.3 Å². The van der Waals surface area contributed by atoms with Gasteiger partial charge in [0.25, 0.3) is 0 Å². The second kappa shape index (κ2) is 6.49. The van der Waals surface area contributed by atoms with Gasteiger partial charge in [0.1, 0.15) is 5.52 Å². The highest BCUT2D eigenvalue weighted by molar-refractivity contribution is 5.92. The van der Waals surface area contributed by atoms with E-state index in [4.69, 9.17) is 5.11 Å². The summed E-state index contributed by atoms with van der Waals surface area (Å²) in [7, 11) is 0. The van der Waals surface area contributed by atoms with Gasteiger partial charge in [0.05, 0.1) is 17.6 Å². The molecule has 0 saturated heterocycles. The van der Waals surface area contributed by atoms with Gasteiger partial charge in [-0.05, 0) is 42.8 Å². The lowest BCUT2D eigenvalue weighted by atomic mass is 10.2. The third-order valence-corrected chi connectivity index (χ3v) is 3.61. The Morgan fingerprint density at radius 2 is 2.04 bits per heavy atom. The summed E-state index contributed by atoms with van der Waals surface area (Å²) in [5, 5.41) is 19.8. The van der Waals surface area contributed by atoms with Crippen molar-refractivity contribution >= 4 is 28.6 Å². The molecule has 0 fully saturated rings. The van der Waals surface area contributed by atoms with Crippen LogP contribution >= 0.6 is 0 Å². The van der Waals surface area contributed by atoms with Crippen LogP contribution in [0.2, 0.25) is 0 Å². The van der Waals surface area contributed by atoms with Crippen LogP contribution in [0, 0.1) is 6.92 Å². The van der Waals surface area contributed by atoms with E-state index < -0.39 is 5.97 Å². The molecular weight excluding hydrogens is 308 g/mol. The number of carbonyl (C=O) groups excluding carboxylic acids is 1. The highest BCUT2D eigenvalue weighted by atomic mass is 16.4. The number of aryl methyl sites for hydroxylation is 2. The van der Waals surface area contributed by atoms with E-state index in [1.165, 1.54) is 12.1 Å². The SMILES string of the molecule is Cc1cccc(NC(=O)CCn2nnc3cc(C(=O)O)ccc32)c1. The van der Waals surface area contributed by atoms with Crippen LogP contribution in [-0.4, -0.2) is 32.0 Å². The Morgan fingerprint density at radius 3 is 2.79 bits per heavy atom. The summed E-state index contributed by atoms with van der Waals surface area (Å²) in [6.07, 6.45) is 0.243. The number of anilines is 1. The van der Waals surface area contributed by atoms with Gasteiger partial charge in [-0.25, -0.2) is 9.48 Å². The molecule has 0 atom stereocenters. The zero-order chi connectivity index (χ0) is 17.1. The number of nitrogens with zero attached hydrogens (tertiary/aromatic N) is 3. The largest absolute Gasteiger partial charge is 0.478 e. The van der Waals surface area contributed by atoms with Gasteiger partial charge >= 0.3 is 5.97 Å². The van der Waals surface area contributed by atoms with Crippen molar-refractivity contribution in [2.75, 3.05) is 5.32 Å². The molecule has 0 saturated carbocycles.